The van der Waals surface area contributed by atoms with Crippen LogP contribution in [0.1, 0.15) is 18.1 Å². The summed E-state index contributed by atoms with van der Waals surface area (Å²) in [6.45, 7) is 2.07. The van der Waals surface area contributed by atoms with E-state index in [-0.39, 0.29) is 0 Å². The Bertz CT molecular complexity index is 675. The average Bonchev–Trinajstić information content (AvgIpc) is 2.55. The van der Waals surface area contributed by atoms with Crippen molar-refractivity contribution < 1.29 is 14.3 Å². The van der Waals surface area contributed by atoms with Crippen molar-refractivity contribution in [1.82, 2.24) is 0 Å². The fourth-order valence-electron chi connectivity index (χ4n) is 1.87. The molecular formula is C18H17BrO3. The molecule has 0 bridgehead atoms. The zero-order valence-corrected chi connectivity index (χ0v) is 14.1. The topological polar surface area (TPSA) is 35.5 Å². The first kappa shape index (κ1) is 16.3. The molecule has 0 heterocycles. The van der Waals surface area contributed by atoms with Crippen LogP contribution in [0.3, 0.4) is 0 Å². The van der Waals surface area contributed by atoms with Gasteiger partial charge in [0.05, 0.1) is 11.6 Å². The molecule has 0 radical (unpaired) electrons. The molecule has 0 atom stereocenters. The van der Waals surface area contributed by atoms with Crippen LogP contribution in [0.25, 0.3) is 6.08 Å². The summed E-state index contributed by atoms with van der Waals surface area (Å²) in [7, 11) is 1.61. The molecule has 0 spiro atoms. The van der Waals surface area contributed by atoms with E-state index in [0.29, 0.717) is 5.75 Å². The molecule has 0 aliphatic rings. The van der Waals surface area contributed by atoms with Gasteiger partial charge in [-0.2, -0.15) is 0 Å². The van der Waals surface area contributed by atoms with Crippen molar-refractivity contribution in [2.24, 2.45) is 0 Å². The van der Waals surface area contributed by atoms with Gasteiger partial charge in [0.1, 0.15) is 11.5 Å². The quantitative estimate of drug-likeness (QED) is 0.442. The van der Waals surface area contributed by atoms with Crippen molar-refractivity contribution in [3.05, 3.63) is 64.1 Å². The number of hydrogen-bond acceptors (Lipinski definition) is 3. The van der Waals surface area contributed by atoms with Gasteiger partial charge in [-0.05, 0) is 63.8 Å². The maximum absolute atomic E-state index is 11.9. The van der Waals surface area contributed by atoms with Gasteiger partial charge in [-0.1, -0.05) is 25.1 Å². The van der Waals surface area contributed by atoms with Gasteiger partial charge in [0.2, 0.25) is 0 Å². The van der Waals surface area contributed by atoms with Crippen LogP contribution in [0.15, 0.2) is 53.0 Å². The summed E-state index contributed by atoms with van der Waals surface area (Å²) in [6, 6.07) is 13.1. The van der Waals surface area contributed by atoms with Crippen molar-refractivity contribution in [3.8, 4) is 11.5 Å². The molecule has 0 fully saturated rings. The molecule has 0 N–H and O–H groups in total. The molecule has 0 unspecified atom stereocenters. The number of methoxy groups -OCH3 is 1. The molecule has 2 aromatic rings. The Hall–Kier alpha value is -2.07. The van der Waals surface area contributed by atoms with Gasteiger partial charge in [-0.25, -0.2) is 4.79 Å². The third kappa shape index (κ3) is 4.46. The van der Waals surface area contributed by atoms with E-state index < -0.39 is 5.97 Å². The number of benzene rings is 2. The first-order valence-electron chi connectivity index (χ1n) is 6.94. The number of rotatable bonds is 5. The molecule has 0 saturated carbocycles. The number of esters is 1. The Balaban J connectivity index is 2.01. The lowest BCUT2D eigenvalue weighted by Crippen LogP contribution is -2.04. The molecule has 4 heteroatoms. The van der Waals surface area contributed by atoms with E-state index in [4.69, 9.17) is 9.47 Å². The highest BCUT2D eigenvalue weighted by Crippen LogP contribution is 2.26. The van der Waals surface area contributed by atoms with Gasteiger partial charge in [-0.3, -0.25) is 0 Å². The van der Waals surface area contributed by atoms with Crippen molar-refractivity contribution in [3.63, 3.8) is 0 Å². The summed E-state index contributed by atoms with van der Waals surface area (Å²) in [4.78, 5) is 11.9. The number of halogens is 1. The van der Waals surface area contributed by atoms with Crippen LogP contribution < -0.4 is 9.47 Å². The maximum Gasteiger partial charge on any atom is 0.336 e. The smallest absolute Gasteiger partial charge is 0.336 e. The van der Waals surface area contributed by atoms with Gasteiger partial charge in [0.25, 0.3) is 0 Å². The third-order valence-electron chi connectivity index (χ3n) is 3.14. The molecular weight excluding hydrogens is 344 g/mol. The van der Waals surface area contributed by atoms with Gasteiger partial charge in [-0.15, -0.1) is 0 Å². The molecule has 114 valence electrons. The zero-order valence-electron chi connectivity index (χ0n) is 12.5. The molecule has 3 nitrogen and oxygen atoms in total. The SMILES string of the molecule is CCc1ccc(OC(=O)/C=C/c2ccc(OC)cc2)c(Br)c1. The second-order valence-electron chi connectivity index (χ2n) is 4.65. The Morgan fingerprint density at radius 3 is 2.50 bits per heavy atom. The molecule has 22 heavy (non-hydrogen) atoms. The van der Waals surface area contributed by atoms with Gasteiger partial charge in [0, 0.05) is 6.08 Å². The summed E-state index contributed by atoms with van der Waals surface area (Å²) in [5.74, 6) is 0.877. The Kier molecular flexibility index (Phi) is 5.78. The Morgan fingerprint density at radius 1 is 1.18 bits per heavy atom. The first-order valence-corrected chi connectivity index (χ1v) is 7.74. The molecule has 2 rings (SSSR count). The second kappa shape index (κ2) is 7.80. The maximum atomic E-state index is 11.9. The summed E-state index contributed by atoms with van der Waals surface area (Å²) >= 11 is 3.41. The van der Waals surface area contributed by atoms with Crippen LogP contribution in [0.5, 0.6) is 11.5 Å². The minimum absolute atomic E-state index is 0.416. The highest BCUT2D eigenvalue weighted by molar-refractivity contribution is 9.10. The highest BCUT2D eigenvalue weighted by Gasteiger charge is 2.06. The second-order valence-corrected chi connectivity index (χ2v) is 5.50. The predicted octanol–water partition coefficient (Wildman–Crippen LogP) is 4.64. The predicted molar refractivity (Wildman–Crippen MR) is 91.2 cm³/mol. The molecule has 0 aliphatic carbocycles. The minimum Gasteiger partial charge on any atom is -0.497 e. The number of aryl methyl sites for hydroxylation is 1. The fraction of sp³-hybridized carbons (Fsp3) is 0.167. The van der Waals surface area contributed by atoms with Crippen LogP contribution in [0.2, 0.25) is 0 Å². The number of hydrogen-bond donors (Lipinski definition) is 0. The van der Waals surface area contributed by atoms with E-state index in [9.17, 15) is 4.79 Å². The number of carbonyl (C=O) groups is 1. The zero-order chi connectivity index (χ0) is 15.9. The minimum atomic E-state index is -0.416. The van der Waals surface area contributed by atoms with Crippen molar-refractivity contribution >= 4 is 28.0 Å². The third-order valence-corrected chi connectivity index (χ3v) is 3.76. The number of carbonyl (C=O) groups excluding carboxylic acids is 1. The standard InChI is InChI=1S/C18H17BrO3/c1-3-13-6-10-17(16(19)12-13)22-18(20)11-7-14-4-8-15(21-2)9-5-14/h4-12H,3H2,1-2H3/b11-7+. The first-order chi connectivity index (χ1) is 10.6. The van der Waals surface area contributed by atoms with Crippen LogP contribution >= 0.6 is 15.9 Å². The van der Waals surface area contributed by atoms with E-state index >= 15 is 0 Å². The van der Waals surface area contributed by atoms with Gasteiger partial charge >= 0.3 is 5.97 Å². The molecule has 0 amide bonds. The lowest BCUT2D eigenvalue weighted by molar-refractivity contribution is -0.128. The normalized spacial score (nSPS) is 10.7. The van der Waals surface area contributed by atoms with Crippen molar-refractivity contribution in [1.29, 1.82) is 0 Å². The van der Waals surface area contributed by atoms with Crippen molar-refractivity contribution in [2.75, 3.05) is 7.11 Å². The molecule has 2 aromatic carbocycles. The van der Waals surface area contributed by atoms with Crippen LogP contribution in [-0.4, -0.2) is 13.1 Å². The van der Waals surface area contributed by atoms with E-state index in [2.05, 4.69) is 22.9 Å². The van der Waals surface area contributed by atoms with Crippen molar-refractivity contribution in [2.45, 2.75) is 13.3 Å². The van der Waals surface area contributed by atoms with Crippen LogP contribution in [0, 0.1) is 0 Å². The summed E-state index contributed by atoms with van der Waals surface area (Å²) in [5, 5.41) is 0. The van der Waals surface area contributed by atoms with E-state index in [1.807, 2.05) is 36.4 Å². The summed E-state index contributed by atoms with van der Waals surface area (Å²) < 4.78 is 11.2. The van der Waals surface area contributed by atoms with E-state index in [1.54, 1.807) is 19.3 Å². The molecule has 0 aliphatic heterocycles. The lowest BCUT2D eigenvalue weighted by Gasteiger charge is -2.05. The Morgan fingerprint density at radius 2 is 1.91 bits per heavy atom. The van der Waals surface area contributed by atoms with Gasteiger partial charge < -0.3 is 9.47 Å². The lowest BCUT2D eigenvalue weighted by atomic mass is 10.2. The van der Waals surface area contributed by atoms with Gasteiger partial charge in [0.15, 0.2) is 0 Å². The summed E-state index contributed by atoms with van der Waals surface area (Å²) in [5.41, 5.74) is 2.08. The fourth-order valence-corrected chi connectivity index (χ4v) is 2.38. The van der Waals surface area contributed by atoms with E-state index in [0.717, 1.165) is 22.2 Å². The molecule has 0 aromatic heterocycles. The van der Waals surface area contributed by atoms with Crippen LogP contribution in [-0.2, 0) is 11.2 Å². The van der Waals surface area contributed by atoms with E-state index in [1.165, 1.54) is 11.6 Å². The number of ether oxygens (including phenoxy) is 2. The largest absolute Gasteiger partial charge is 0.497 e. The average molecular weight is 361 g/mol. The van der Waals surface area contributed by atoms with Crippen LogP contribution in [0.4, 0.5) is 0 Å². The highest BCUT2D eigenvalue weighted by atomic mass is 79.9. The Labute approximate surface area is 138 Å². The molecule has 0 saturated heterocycles. The monoisotopic (exact) mass is 360 g/mol. The summed E-state index contributed by atoms with van der Waals surface area (Å²) in [6.07, 6.45) is 4.04.